The van der Waals surface area contributed by atoms with Crippen LogP contribution in [0.25, 0.3) is 0 Å². The van der Waals surface area contributed by atoms with Gasteiger partial charge in [0.2, 0.25) is 10.0 Å². The summed E-state index contributed by atoms with van der Waals surface area (Å²) in [5.41, 5.74) is 3.10. The van der Waals surface area contributed by atoms with Crippen molar-refractivity contribution in [3.8, 4) is 0 Å². The number of benzene rings is 2. The van der Waals surface area contributed by atoms with E-state index in [9.17, 15) is 18.3 Å². The van der Waals surface area contributed by atoms with Crippen molar-refractivity contribution in [3.05, 3.63) is 65.2 Å². The zero-order valence-electron chi connectivity index (χ0n) is 23.8. The third kappa shape index (κ3) is 8.68. The van der Waals surface area contributed by atoms with Crippen LogP contribution in [-0.4, -0.2) is 56.5 Å². The maximum Gasteiger partial charge on any atom is 0.251 e. The number of carbonyl (C=O) groups is 1. The molecule has 9 heteroatoms. The summed E-state index contributed by atoms with van der Waals surface area (Å²) in [5.74, 6) is 0.183. The van der Waals surface area contributed by atoms with Crippen LogP contribution in [0.2, 0.25) is 0 Å². The van der Waals surface area contributed by atoms with Crippen molar-refractivity contribution in [1.82, 2.24) is 10.6 Å². The summed E-state index contributed by atoms with van der Waals surface area (Å²) in [6.07, 6.45) is 7.64. The molecule has 3 atom stereocenters. The van der Waals surface area contributed by atoms with E-state index in [0.29, 0.717) is 43.1 Å². The van der Waals surface area contributed by atoms with E-state index < -0.39 is 22.2 Å². The lowest BCUT2D eigenvalue weighted by molar-refractivity contribution is 0.0825. The van der Waals surface area contributed by atoms with E-state index in [2.05, 4.69) is 24.5 Å². The molecule has 0 spiro atoms. The van der Waals surface area contributed by atoms with Crippen molar-refractivity contribution in [3.63, 3.8) is 0 Å². The smallest absolute Gasteiger partial charge is 0.251 e. The Hall–Kier alpha value is -2.13. The molecule has 4 rings (SSSR count). The van der Waals surface area contributed by atoms with Crippen LogP contribution in [0.4, 0.5) is 5.69 Å². The molecule has 7 nitrogen and oxygen atoms in total. The Kier molecular flexibility index (Phi) is 12.3. The number of hydrogen-bond acceptors (Lipinski definition) is 5. The van der Waals surface area contributed by atoms with Crippen LogP contribution in [0.3, 0.4) is 0 Å². The Bertz CT molecular complexity index is 1190. The predicted molar refractivity (Wildman–Crippen MR) is 165 cm³/mol. The first-order valence-electron chi connectivity index (χ1n) is 14.7. The highest BCUT2D eigenvalue weighted by atomic mass is 35.5. The van der Waals surface area contributed by atoms with Crippen molar-refractivity contribution < 1.29 is 18.3 Å². The number of nitrogens with one attached hydrogen (secondary N) is 2. The summed E-state index contributed by atoms with van der Waals surface area (Å²) in [5, 5.41) is 17.7. The molecule has 2 fully saturated rings. The van der Waals surface area contributed by atoms with E-state index in [1.165, 1.54) is 4.31 Å². The number of amides is 1. The molecular weight excluding hydrogens is 546 g/mol. The Labute approximate surface area is 246 Å². The quantitative estimate of drug-likeness (QED) is 0.316. The third-order valence-electron chi connectivity index (χ3n) is 8.14. The normalized spacial score (nSPS) is 19.4. The number of rotatable bonds is 12. The fraction of sp³-hybridized carbons (Fsp3) is 0.581. The first-order chi connectivity index (χ1) is 18.8. The summed E-state index contributed by atoms with van der Waals surface area (Å²) < 4.78 is 27.3. The van der Waals surface area contributed by atoms with Crippen molar-refractivity contribution in [2.75, 3.05) is 23.1 Å². The third-order valence-corrected chi connectivity index (χ3v) is 10.0. The molecular formula is C31H46ClN3O4S. The van der Waals surface area contributed by atoms with E-state index in [1.807, 2.05) is 42.5 Å². The second kappa shape index (κ2) is 15.2. The lowest BCUT2D eigenvalue weighted by Crippen LogP contribution is -2.49. The van der Waals surface area contributed by atoms with Crippen LogP contribution in [-0.2, 0) is 16.4 Å². The van der Waals surface area contributed by atoms with Gasteiger partial charge >= 0.3 is 0 Å². The molecule has 0 bridgehead atoms. The summed E-state index contributed by atoms with van der Waals surface area (Å²) in [6.45, 7) is 5.05. The summed E-state index contributed by atoms with van der Waals surface area (Å²) >= 11 is 0. The van der Waals surface area contributed by atoms with Gasteiger partial charge in [-0.15, -0.1) is 12.4 Å². The van der Waals surface area contributed by atoms with Crippen LogP contribution in [0, 0.1) is 0 Å². The number of sulfonamides is 1. The molecule has 3 N–H and O–H groups in total. The zero-order valence-corrected chi connectivity index (χ0v) is 25.5. The number of nitrogens with zero attached hydrogens (tertiary/aromatic N) is 1. The van der Waals surface area contributed by atoms with Gasteiger partial charge in [-0.25, -0.2) is 8.42 Å². The van der Waals surface area contributed by atoms with Gasteiger partial charge in [0.05, 0.1) is 23.6 Å². The average molecular weight is 592 g/mol. The van der Waals surface area contributed by atoms with E-state index in [1.54, 1.807) is 6.07 Å². The second-order valence-electron chi connectivity index (χ2n) is 11.3. The SMILES string of the molecule is CCCC(C)NC[C@@H](O)[C@H](Cc1ccccc1)NC(=O)c1cc(C2CCCC2)cc(N2CCCCS2(=O)=O)c1.Cl. The number of halogens is 1. The predicted octanol–water partition coefficient (Wildman–Crippen LogP) is 5.18. The van der Waals surface area contributed by atoms with E-state index in [0.717, 1.165) is 56.1 Å². The van der Waals surface area contributed by atoms with Gasteiger partial charge in [-0.2, -0.15) is 0 Å². The van der Waals surface area contributed by atoms with Gasteiger partial charge in [-0.1, -0.05) is 56.5 Å². The molecule has 2 aromatic carbocycles. The van der Waals surface area contributed by atoms with Crippen LogP contribution in [0.15, 0.2) is 48.5 Å². The van der Waals surface area contributed by atoms with Gasteiger partial charge in [0.1, 0.15) is 0 Å². The number of hydrogen-bond donors (Lipinski definition) is 3. The molecule has 1 saturated heterocycles. The molecule has 0 radical (unpaired) electrons. The molecule has 1 aliphatic heterocycles. The molecule has 1 heterocycles. The second-order valence-corrected chi connectivity index (χ2v) is 13.3. The standard InChI is InChI=1S/C31H45N3O4S.ClH/c1-3-11-23(2)32-22-30(35)29(18-24-12-5-4-6-13-24)33-31(36)27-19-26(25-14-7-8-15-25)20-28(21-27)34-16-9-10-17-39(34,37)38;/h4-6,12-13,19-21,23,25,29-30,32,35H,3,7-11,14-18,22H2,1-2H3,(H,33,36);1H/t23?,29-,30+;/m0./s1. The molecule has 1 aliphatic carbocycles. The highest BCUT2D eigenvalue weighted by Crippen LogP contribution is 2.37. The fourth-order valence-corrected chi connectivity index (χ4v) is 7.51. The van der Waals surface area contributed by atoms with Gasteiger partial charge in [0.25, 0.3) is 5.91 Å². The number of aliphatic hydroxyl groups excluding tert-OH is 1. The van der Waals surface area contributed by atoms with E-state index in [4.69, 9.17) is 0 Å². The minimum Gasteiger partial charge on any atom is -0.390 e. The van der Waals surface area contributed by atoms with Crippen molar-refractivity contribution in [2.45, 2.75) is 95.7 Å². The zero-order chi connectivity index (χ0) is 27.8. The van der Waals surface area contributed by atoms with Gasteiger partial charge in [-0.3, -0.25) is 9.10 Å². The highest BCUT2D eigenvalue weighted by molar-refractivity contribution is 7.92. The summed E-state index contributed by atoms with van der Waals surface area (Å²) in [6, 6.07) is 15.3. The Morgan fingerprint density at radius 3 is 2.48 bits per heavy atom. The van der Waals surface area contributed by atoms with Gasteiger partial charge in [0, 0.05) is 24.7 Å². The fourth-order valence-electron chi connectivity index (χ4n) is 5.89. The lowest BCUT2D eigenvalue weighted by atomic mass is 9.94. The van der Waals surface area contributed by atoms with E-state index in [-0.39, 0.29) is 30.1 Å². The summed E-state index contributed by atoms with van der Waals surface area (Å²) in [4.78, 5) is 13.7. The van der Waals surface area contributed by atoms with Gasteiger partial charge in [0.15, 0.2) is 0 Å². The first kappa shape index (κ1) is 32.4. The Balaban J connectivity index is 0.00000441. The number of aliphatic hydroxyl groups is 1. The van der Waals surface area contributed by atoms with Crippen LogP contribution in [0.5, 0.6) is 0 Å². The average Bonchev–Trinajstić information content (AvgIpc) is 3.47. The largest absolute Gasteiger partial charge is 0.390 e. The molecule has 40 heavy (non-hydrogen) atoms. The number of carbonyl (C=O) groups excluding carboxylic acids is 1. The molecule has 1 unspecified atom stereocenters. The maximum atomic E-state index is 13.7. The topological polar surface area (TPSA) is 98.7 Å². The lowest BCUT2D eigenvalue weighted by Gasteiger charge is -2.30. The molecule has 2 aromatic rings. The minimum absolute atomic E-state index is 0. The Morgan fingerprint density at radius 2 is 1.80 bits per heavy atom. The van der Waals surface area contributed by atoms with Crippen molar-refractivity contribution in [1.29, 1.82) is 0 Å². The molecule has 222 valence electrons. The molecule has 0 aromatic heterocycles. The molecule has 2 aliphatic rings. The van der Waals surface area contributed by atoms with Crippen molar-refractivity contribution in [2.24, 2.45) is 0 Å². The minimum atomic E-state index is -3.40. The van der Waals surface area contributed by atoms with E-state index >= 15 is 0 Å². The van der Waals surface area contributed by atoms with Crippen LogP contribution < -0.4 is 14.9 Å². The highest BCUT2D eigenvalue weighted by Gasteiger charge is 2.29. The van der Waals surface area contributed by atoms with Crippen LogP contribution >= 0.6 is 12.4 Å². The first-order valence-corrected chi connectivity index (χ1v) is 16.3. The van der Waals surface area contributed by atoms with Crippen molar-refractivity contribution >= 4 is 34.0 Å². The number of anilines is 1. The van der Waals surface area contributed by atoms with Gasteiger partial charge in [-0.05, 0) is 80.7 Å². The maximum absolute atomic E-state index is 13.7. The Morgan fingerprint density at radius 1 is 1.07 bits per heavy atom. The van der Waals surface area contributed by atoms with Crippen LogP contribution in [0.1, 0.15) is 92.6 Å². The molecule has 1 amide bonds. The summed E-state index contributed by atoms with van der Waals surface area (Å²) in [7, 11) is -3.40. The van der Waals surface area contributed by atoms with Gasteiger partial charge < -0.3 is 15.7 Å². The molecule has 1 saturated carbocycles. The monoisotopic (exact) mass is 591 g/mol.